The van der Waals surface area contributed by atoms with Crippen LogP contribution in [-0.2, 0) is 14.6 Å². The molecular formula is C19H15Cl2FN2O3S2. The summed E-state index contributed by atoms with van der Waals surface area (Å²) >= 11 is 13.0. The van der Waals surface area contributed by atoms with Gasteiger partial charge in [0.05, 0.1) is 21.5 Å². The number of halogens is 3. The van der Waals surface area contributed by atoms with Crippen LogP contribution in [0.4, 0.5) is 10.1 Å². The number of thioether (sulfide) groups is 1. The van der Waals surface area contributed by atoms with E-state index in [1.807, 2.05) is 0 Å². The van der Waals surface area contributed by atoms with Gasteiger partial charge in [-0.1, -0.05) is 53.2 Å². The van der Waals surface area contributed by atoms with Crippen molar-refractivity contribution in [2.75, 3.05) is 22.7 Å². The van der Waals surface area contributed by atoms with Gasteiger partial charge in [0.25, 0.3) is 5.91 Å². The summed E-state index contributed by atoms with van der Waals surface area (Å²) < 4.78 is 37.2. The predicted octanol–water partition coefficient (Wildman–Crippen LogP) is 4.65. The van der Waals surface area contributed by atoms with E-state index in [1.54, 1.807) is 24.3 Å². The SMILES string of the molecule is CS(=O)(=O)CCSC1=N/C(=C/c2ccc(Cl)c(Cl)c2)C(=O)N1c1ccccc1F. The molecule has 1 heterocycles. The van der Waals surface area contributed by atoms with Gasteiger partial charge in [-0.2, -0.15) is 0 Å². The van der Waals surface area contributed by atoms with Gasteiger partial charge in [0, 0.05) is 12.0 Å². The molecule has 10 heteroatoms. The molecule has 0 fully saturated rings. The van der Waals surface area contributed by atoms with Gasteiger partial charge in [-0.25, -0.2) is 17.8 Å². The number of para-hydroxylation sites is 1. The van der Waals surface area contributed by atoms with E-state index in [4.69, 9.17) is 23.2 Å². The second-order valence-corrected chi connectivity index (χ2v) is 10.3. The molecule has 0 unspecified atom stereocenters. The van der Waals surface area contributed by atoms with E-state index in [2.05, 4.69) is 4.99 Å². The highest BCUT2D eigenvalue weighted by Gasteiger charge is 2.33. The molecule has 5 nitrogen and oxygen atoms in total. The molecule has 2 aromatic carbocycles. The minimum atomic E-state index is -3.19. The van der Waals surface area contributed by atoms with Crippen LogP contribution in [0.1, 0.15) is 5.56 Å². The maximum Gasteiger partial charge on any atom is 0.283 e. The average Bonchev–Trinajstić information content (AvgIpc) is 2.93. The molecule has 29 heavy (non-hydrogen) atoms. The third kappa shape index (κ3) is 5.39. The second-order valence-electron chi connectivity index (χ2n) is 6.17. The molecule has 0 atom stereocenters. The van der Waals surface area contributed by atoms with Crippen molar-refractivity contribution in [3.05, 3.63) is 69.6 Å². The summed E-state index contributed by atoms with van der Waals surface area (Å²) in [4.78, 5) is 18.4. The van der Waals surface area contributed by atoms with Crippen molar-refractivity contribution in [1.29, 1.82) is 0 Å². The van der Waals surface area contributed by atoms with Crippen LogP contribution in [0.3, 0.4) is 0 Å². The Balaban J connectivity index is 1.97. The minimum absolute atomic E-state index is 0.0423. The zero-order valence-electron chi connectivity index (χ0n) is 15.1. The fourth-order valence-corrected chi connectivity index (χ4v) is 4.99. The van der Waals surface area contributed by atoms with Crippen molar-refractivity contribution in [2.45, 2.75) is 0 Å². The van der Waals surface area contributed by atoms with Crippen LogP contribution in [0.15, 0.2) is 53.2 Å². The van der Waals surface area contributed by atoms with E-state index < -0.39 is 21.6 Å². The normalized spacial score (nSPS) is 15.9. The molecule has 2 aromatic rings. The molecule has 0 N–H and O–H groups in total. The van der Waals surface area contributed by atoms with Gasteiger partial charge in [-0.3, -0.25) is 9.69 Å². The van der Waals surface area contributed by atoms with Crippen LogP contribution in [0.5, 0.6) is 0 Å². The van der Waals surface area contributed by atoms with Gasteiger partial charge in [-0.05, 0) is 35.9 Å². The highest BCUT2D eigenvalue weighted by molar-refractivity contribution is 8.14. The van der Waals surface area contributed by atoms with Gasteiger partial charge in [0.1, 0.15) is 21.4 Å². The summed E-state index contributed by atoms with van der Waals surface area (Å²) in [5.74, 6) is -1.03. The number of benzene rings is 2. The molecule has 0 saturated carbocycles. The maximum absolute atomic E-state index is 14.3. The Hall–Kier alpha value is -1.87. The number of aliphatic imine (C=N–C) groups is 1. The van der Waals surface area contributed by atoms with Crippen LogP contribution in [0.2, 0.25) is 10.0 Å². The van der Waals surface area contributed by atoms with Gasteiger partial charge >= 0.3 is 0 Å². The summed E-state index contributed by atoms with van der Waals surface area (Å²) in [5, 5.41) is 0.902. The molecule has 0 aliphatic carbocycles. The number of anilines is 1. The number of sulfone groups is 1. The first-order chi connectivity index (χ1) is 13.7. The molecule has 152 valence electrons. The van der Waals surface area contributed by atoms with E-state index in [1.165, 1.54) is 24.3 Å². The molecule has 0 aromatic heterocycles. The Morgan fingerprint density at radius 1 is 1.17 bits per heavy atom. The number of amidine groups is 1. The molecule has 3 rings (SSSR count). The summed E-state index contributed by atoms with van der Waals surface area (Å²) in [5.41, 5.74) is 0.719. The fraction of sp³-hybridized carbons (Fsp3) is 0.158. The molecule has 0 radical (unpaired) electrons. The first-order valence-electron chi connectivity index (χ1n) is 8.30. The number of hydrogen-bond donors (Lipinski definition) is 0. The van der Waals surface area contributed by atoms with E-state index in [-0.39, 0.29) is 28.1 Å². The Morgan fingerprint density at radius 2 is 1.90 bits per heavy atom. The largest absolute Gasteiger partial charge is 0.283 e. The van der Waals surface area contributed by atoms with E-state index in [0.29, 0.717) is 15.6 Å². The summed E-state index contributed by atoms with van der Waals surface area (Å²) in [7, 11) is -3.19. The van der Waals surface area contributed by atoms with Gasteiger partial charge < -0.3 is 0 Å². The monoisotopic (exact) mass is 472 g/mol. The number of hydrogen-bond acceptors (Lipinski definition) is 5. The number of rotatable bonds is 5. The molecule has 0 spiro atoms. The first-order valence-corrected chi connectivity index (χ1v) is 12.1. The van der Waals surface area contributed by atoms with Crippen LogP contribution in [-0.4, -0.2) is 37.3 Å². The molecule has 1 aliphatic rings. The van der Waals surface area contributed by atoms with E-state index in [0.717, 1.165) is 22.9 Å². The van der Waals surface area contributed by atoms with Crippen LogP contribution in [0, 0.1) is 5.82 Å². The van der Waals surface area contributed by atoms with Crippen molar-refractivity contribution >= 4 is 67.6 Å². The molecule has 1 amide bonds. The lowest BCUT2D eigenvalue weighted by Gasteiger charge is -2.18. The summed E-state index contributed by atoms with van der Waals surface area (Å²) in [6, 6.07) is 10.7. The number of carbonyl (C=O) groups is 1. The molecule has 0 saturated heterocycles. The fourth-order valence-electron chi connectivity index (χ4n) is 2.48. The van der Waals surface area contributed by atoms with Gasteiger partial charge in [0.15, 0.2) is 5.17 Å². The zero-order chi connectivity index (χ0) is 21.2. The van der Waals surface area contributed by atoms with Crippen molar-refractivity contribution in [2.24, 2.45) is 4.99 Å². The third-order valence-corrected chi connectivity index (χ3v) is 6.74. The van der Waals surface area contributed by atoms with Gasteiger partial charge in [-0.15, -0.1) is 0 Å². The lowest BCUT2D eigenvalue weighted by Crippen LogP contribution is -2.31. The van der Waals surface area contributed by atoms with Gasteiger partial charge in [0.2, 0.25) is 0 Å². The molecule has 1 aliphatic heterocycles. The third-order valence-electron chi connectivity index (χ3n) is 3.86. The van der Waals surface area contributed by atoms with Crippen LogP contribution < -0.4 is 4.90 Å². The number of carbonyl (C=O) groups excluding carboxylic acids is 1. The quantitative estimate of drug-likeness (QED) is 0.593. The lowest BCUT2D eigenvalue weighted by molar-refractivity contribution is -0.113. The van der Waals surface area contributed by atoms with Crippen molar-refractivity contribution in [3.8, 4) is 0 Å². The van der Waals surface area contributed by atoms with Crippen LogP contribution >= 0.6 is 35.0 Å². The number of amides is 1. The summed E-state index contributed by atoms with van der Waals surface area (Å²) in [6.45, 7) is 0. The lowest BCUT2D eigenvalue weighted by atomic mass is 10.2. The van der Waals surface area contributed by atoms with Crippen LogP contribution in [0.25, 0.3) is 6.08 Å². The maximum atomic E-state index is 14.3. The highest BCUT2D eigenvalue weighted by Crippen LogP contribution is 2.32. The van der Waals surface area contributed by atoms with Crippen molar-refractivity contribution in [1.82, 2.24) is 0 Å². The minimum Gasteiger partial charge on any atom is -0.266 e. The molecular weight excluding hydrogens is 458 g/mol. The Bertz CT molecular complexity index is 1130. The number of nitrogens with zero attached hydrogens (tertiary/aromatic N) is 2. The standard InChI is InChI=1S/C19H15Cl2FN2O3S2/c1-29(26,27)9-8-28-19-23-16(11-12-6-7-13(20)14(21)10-12)18(25)24(19)17-5-3-2-4-15(17)22/h2-7,10-11H,8-9H2,1H3/b16-11+. The smallest absolute Gasteiger partial charge is 0.266 e. The summed E-state index contributed by atoms with van der Waals surface area (Å²) in [6.07, 6.45) is 2.64. The second kappa shape index (κ2) is 8.87. The topological polar surface area (TPSA) is 66.8 Å². The van der Waals surface area contributed by atoms with E-state index >= 15 is 0 Å². The Morgan fingerprint density at radius 3 is 2.55 bits per heavy atom. The predicted molar refractivity (Wildman–Crippen MR) is 118 cm³/mol. The van der Waals surface area contributed by atoms with E-state index in [9.17, 15) is 17.6 Å². The average molecular weight is 473 g/mol. The Kier molecular flexibility index (Phi) is 6.68. The zero-order valence-corrected chi connectivity index (χ0v) is 18.2. The highest BCUT2D eigenvalue weighted by atomic mass is 35.5. The van der Waals surface area contributed by atoms with Crippen molar-refractivity contribution in [3.63, 3.8) is 0 Å². The molecule has 0 bridgehead atoms. The van der Waals surface area contributed by atoms with Crippen molar-refractivity contribution < 1.29 is 17.6 Å². The Labute approximate surface area is 182 Å². The first kappa shape index (κ1) is 21.8.